The standard InChI is InChI=1S/C22H18F2N4O3S/c1-13(29)28(16-6-4-3-5-7-16)21-25-15(12-32-21)11-27-19(30)22(2,26-20(27)31)14-8-9-17(23)18(24)10-14/h3-10,12H,11H2,1-2H3,(H,26,31). The van der Waals surface area contributed by atoms with Crippen molar-refractivity contribution < 1.29 is 23.2 Å². The van der Waals surface area contributed by atoms with E-state index in [9.17, 15) is 23.2 Å². The Hall–Kier alpha value is -3.66. The van der Waals surface area contributed by atoms with E-state index in [4.69, 9.17) is 0 Å². The van der Waals surface area contributed by atoms with Gasteiger partial charge in [-0.3, -0.25) is 19.4 Å². The minimum absolute atomic E-state index is 0.128. The molecule has 1 atom stereocenters. The molecule has 3 aromatic rings. The molecule has 1 saturated heterocycles. The van der Waals surface area contributed by atoms with Gasteiger partial charge in [0.15, 0.2) is 16.8 Å². The first-order valence-electron chi connectivity index (χ1n) is 9.60. The van der Waals surface area contributed by atoms with Gasteiger partial charge in [0.2, 0.25) is 5.91 Å². The fourth-order valence-corrected chi connectivity index (χ4v) is 4.36. The number of carbonyl (C=O) groups is 3. The highest BCUT2D eigenvalue weighted by atomic mass is 32.1. The second-order valence-corrected chi connectivity index (χ2v) is 8.22. The molecular formula is C22H18F2N4O3S. The van der Waals surface area contributed by atoms with E-state index in [-0.39, 0.29) is 18.0 Å². The van der Waals surface area contributed by atoms with Crippen LogP contribution in [0.15, 0.2) is 53.9 Å². The molecule has 1 unspecified atom stereocenters. The van der Waals surface area contributed by atoms with E-state index in [1.54, 1.807) is 29.6 Å². The van der Waals surface area contributed by atoms with Crippen molar-refractivity contribution in [2.75, 3.05) is 4.90 Å². The van der Waals surface area contributed by atoms with Gasteiger partial charge in [0, 0.05) is 12.3 Å². The van der Waals surface area contributed by atoms with E-state index in [0.717, 1.165) is 17.0 Å². The van der Waals surface area contributed by atoms with E-state index in [1.165, 1.54) is 36.2 Å². The summed E-state index contributed by atoms with van der Waals surface area (Å²) < 4.78 is 27.0. The van der Waals surface area contributed by atoms with Gasteiger partial charge in [-0.2, -0.15) is 0 Å². The van der Waals surface area contributed by atoms with Gasteiger partial charge < -0.3 is 5.32 Å². The molecule has 1 aromatic heterocycles. The number of carbonyl (C=O) groups excluding carboxylic acids is 3. The summed E-state index contributed by atoms with van der Waals surface area (Å²) in [6, 6.07) is 11.3. The van der Waals surface area contributed by atoms with Crippen LogP contribution in [0.5, 0.6) is 0 Å². The van der Waals surface area contributed by atoms with Gasteiger partial charge in [-0.25, -0.2) is 18.6 Å². The van der Waals surface area contributed by atoms with Crippen LogP contribution in [0.3, 0.4) is 0 Å². The normalized spacial score (nSPS) is 18.1. The summed E-state index contributed by atoms with van der Waals surface area (Å²) >= 11 is 1.20. The topological polar surface area (TPSA) is 82.6 Å². The molecule has 32 heavy (non-hydrogen) atoms. The predicted octanol–water partition coefficient (Wildman–Crippen LogP) is 4.07. The van der Waals surface area contributed by atoms with E-state index < -0.39 is 29.1 Å². The SMILES string of the molecule is CC(=O)N(c1ccccc1)c1nc(CN2C(=O)NC(C)(c3ccc(F)c(F)c3)C2=O)cs1. The minimum Gasteiger partial charge on any atom is -0.319 e. The smallest absolute Gasteiger partial charge is 0.319 e. The maximum Gasteiger partial charge on any atom is 0.325 e. The number of benzene rings is 2. The van der Waals surface area contributed by atoms with Crippen molar-refractivity contribution in [3.8, 4) is 0 Å². The number of amides is 4. The maximum absolute atomic E-state index is 13.7. The molecule has 1 fully saturated rings. The van der Waals surface area contributed by atoms with Crippen LogP contribution in [0.2, 0.25) is 0 Å². The Kier molecular flexibility index (Phi) is 5.47. The number of nitrogens with one attached hydrogen (secondary N) is 1. The molecule has 4 rings (SSSR count). The molecule has 1 aliphatic rings. The quantitative estimate of drug-likeness (QED) is 0.587. The molecule has 1 aliphatic heterocycles. The summed E-state index contributed by atoms with van der Waals surface area (Å²) in [6.07, 6.45) is 0. The summed E-state index contributed by atoms with van der Waals surface area (Å²) in [6.45, 7) is 2.71. The molecule has 2 heterocycles. The van der Waals surface area contributed by atoms with Crippen LogP contribution in [-0.2, 0) is 21.7 Å². The summed E-state index contributed by atoms with van der Waals surface area (Å²) in [4.78, 5) is 44.6. The Morgan fingerprint density at radius 3 is 2.53 bits per heavy atom. The van der Waals surface area contributed by atoms with Gasteiger partial charge in [-0.05, 0) is 36.8 Å². The number of para-hydroxylation sites is 1. The second kappa shape index (κ2) is 8.12. The number of hydrogen-bond acceptors (Lipinski definition) is 5. The fourth-order valence-electron chi connectivity index (χ4n) is 3.48. The molecule has 2 aromatic carbocycles. The molecular weight excluding hydrogens is 438 g/mol. The number of hydrogen-bond donors (Lipinski definition) is 1. The fraction of sp³-hybridized carbons (Fsp3) is 0.182. The zero-order chi connectivity index (χ0) is 23.0. The largest absolute Gasteiger partial charge is 0.325 e. The Bertz CT molecular complexity index is 1220. The highest BCUT2D eigenvalue weighted by molar-refractivity contribution is 7.14. The van der Waals surface area contributed by atoms with Crippen molar-refractivity contribution in [3.05, 3.63) is 76.8 Å². The molecule has 164 valence electrons. The van der Waals surface area contributed by atoms with Crippen LogP contribution >= 0.6 is 11.3 Å². The van der Waals surface area contributed by atoms with Crippen molar-refractivity contribution in [2.24, 2.45) is 0 Å². The molecule has 0 radical (unpaired) electrons. The molecule has 0 aliphatic carbocycles. The Balaban J connectivity index is 1.58. The van der Waals surface area contributed by atoms with Crippen LogP contribution in [0.1, 0.15) is 25.1 Å². The highest BCUT2D eigenvalue weighted by Gasteiger charge is 2.49. The lowest BCUT2D eigenvalue weighted by Gasteiger charge is -2.22. The number of nitrogens with zero attached hydrogens (tertiary/aromatic N) is 3. The van der Waals surface area contributed by atoms with Gasteiger partial charge in [0.1, 0.15) is 5.54 Å². The Morgan fingerprint density at radius 1 is 1.16 bits per heavy atom. The third kappa shape index (κ3) is 3.73. The number of thiazole rings is 1. The maximum atomic E-state index is 13.7. The summed E-state index contributed by atoms with van der Waals surface area (Å²) in [5, 5.41) is 4.60. The molecule has 7 nitrogen and oxygen atoms in total. The lowest BCUT2D eigenvalue weighted by atomic mass is 9.92. The average Bonchev–Trinajstić information content (AvgIpc) is 3.29. The van der Waals surface area contributed by atoms with Gasteiger partial charge in [-0.1, -0.05) is 24.3 Å². The number of imide groups is 1. The van der Waals surface area contributed by atoms with Crippen LogP contribution in [-0.4, -0.2) is 27.7 Å². The van der Waals surface area contributed by atoms with Crippen LogP contribution in [0, 0.1) is 11.6 Å². The number of aromatic nitrogens is 1. The lowest BCUT2D eigenvalue weighted by Crippen LogP contribution is -2.41. The number of halogens is 2. The molecule has 1 N–H and O–H groups in total. The lowest BCUT2D eigenvalue weighted by molar-refractivity contribution is -0.131. The Morgan fingerprint density at radius 2 is 1.88 bits per heavy atom. The van der Waals surface area contributed by atoms with Crippen molar-refractivity contribution in [3.63, 3.8) is 0 Å². The molecule has 0 spiro atoms. The van der Waals surface area contributed by atoms with E-state index in [0.29, 0.717) is 16.5 Å². The van der Waals surface area contributed by atoms with Gasteiger partial charge in [-0.15, -0.1) is 11.3 Å². The first-order chi connectivity index (χ1) is 15.2. The zero-order valence-electron chi connectivity index (χ0n) is 17.1. The van der Waals surface area contributed by atoms with Crippen LogP contribution in [0.25, 0.3) is 0 Å². The van der Waals surface area contributed by atoms with Crippen molar-refractivity contribution >= 4 is 40.0 Å². The summed E-state index contributed by atoms with van der Waals surface area (Å²) in [7, 11) is 0. The first kappa shape index (κ1) is 21.6. The molecule has 0 bridgehead atoms. The summed E-state index contributed by atoms with van der Waals surface area (Å²) in [5.74, 6) is -3.01. The van der Waals surface area contributed by atoms with Crippen molar-refractivity contribution in [1.29, 1.82) is 0 Å². The van der Waals surface area contributed by atoms with Crippen LogP contribution < -0.4 is 10.2 Å². The molecule has 0 saturated carbocycles. The molecule has 10 heteroatoms. The predicted molar refractivity (Wildman–Crippen MR) is 114 cm³/mol. The van der Waals surface area contributed by atoms with E-state index >= 15 is 0 Å². The third-order valence-electron chi connectivity index (χ3n) is 5.15. The Labute approximate surface area is 186 Å². The van der Waals surface area contributed by atoms with Gasteiger partial charge >= 0.3 is 6.03 Å². The highest BCUT2D eigenvalue weighted by Crippen LogP contribution is 2.32. The zero-order valence-corrected chi connectivity index (χ0v) is 18.0. The van der Waals surface area contributed by atoms with E-state index in [2.05, 4.69) is 10.3 Å². The van der Waals surface area contributed by atoms with Gasteiger partial charge in [0.05, 0.1) is 17.9 Å². The number of rotatable bonds is 5. The monoisotopic (exact) mass is 456 g/mol. The second-order valence-electron chi connectivity index (χ2n) is 7.39. The van der Waals surface area contributed by atoms with Gasteiger partial charge in [0.25, 0.3) is 5.91 Å². The number of urea groups is 1. The van der Waals surface area contributed by atoms with Crippen molar-refractivity contribution in [2.45, 2.75) is 25.9 Å². The van der Waals surface area contributed by atoms with Crippen molar-refractivity contribution in [1.82, 2.24) is 15.2 Å². The third-order valence-corrected chi connectivity index (χ3v) is 6.03. The molecule has 4 amide bonds. The number of anilines is 2. The summed E-state index contributed by atoms with van der Waals surface area (Å²) in [5.41, 5.74) is -0.366. The minimum atomic E-state index is -1.54. The average molecular weight is 456 g/mol. The van der Waals surface area contributed by atoms with Crippen LogP contribution in [0.4, 0.5) is 24.4 Å². The first-order valence-corrected chi connectivity index (χ1v) is 10.5. The van der Waals surface area contributed by atoms with E-state index in [1.807, 2.05) is 6.07 Å².